The van der Waals surface area contributed by atoms with Gasteiger partial charge in [-0.3, -0.25) is 4.79 Å². The molecule has 0 aliphatic carbocycles. The minimum atomic E-state index is -0.986. The molecule has 1 rings (SSSR count). The Labute approximate surface area is 97.7 Å². The topological polar surface area (TPSA) is 70.5 Å². The molecule has 1 amide bonds. The number of aryl methyl sites for hydroxylation is 1. The summed E-state index contributed by atoms with van der Waals surface area (Å²) in [7, 11) is 1.50. The van der Waals surface area contributed by atoms with E-state index in [0.29, 0.717) is 11.3 Å². The minimum Gasteiger partial charge on any atom is -0.480 e. The van der Waals surface area contributed by atoms with E-state index in [1.54, 1.807) is 13.8 Å². The lowest BCUT2D eigenvalue weighted by molar-refractivity contribution is -0.142. The number of nitrogens with zero attached hydrogens (tertiary/aromatic N) is 2. The van der Waals surface area contributed by atoms with Gasteiger partial charge in [0.25, 0.3) is 5.91 Å². The van der Waals surface area contributed by atoms with Gasteiger partial charge in [-0.15, -0.1) is 11.3 Å². The summed E-state index contributed by atoms with van der Waals surface area (Å²) in [5.74, 6) is -1.28. The van der Waals surface area contributed by atoms with Crippen molar-refractivity contribution in [2.24, 2.45) is 0 Å². The van der Waals surface area contributed by atoms with Gasteiger partial charge >= 0.3 is 5.97 Å². The number of carboxylic acids is 1. The van der Waals surface area contributed by atoms with Crippen molar-refractivity contribution in [3.8, 4) is 0 Å². The minimum absolute atomic E-state index is 0.292. The number of likely N-dealkylation sites (N-methyl/N-ethyl adjacent to an activating group) is 1. The van der Waals surface area contributed by atoms with E-state index in [9.17, 15) is 9.59 Å². The molecule has 0 spiro atoms. The number of aromatic nitrogens is 1. The number of hydrogen-bond donors (Lipinski definition) is 1. The molecule has 1 heterocycles. The van der Waals surface area contributed by atoms with Crippen LogP contribution in [-0.4, -0.2) is 40.0 Å². The van der Waals surface area contributed by atoms with Crippen LogP contribution in [0.5, 0.6) is 0 Å². The molecule has 1 unspecified atom stereocenters. The lowest BCUT2D eigenvalue weighted by atomic mass is 10.2. The fourth-order valence-corrected chi connectivity index (χ4v) is 2.15. The number of aliphatic carboxylic acids is 1. The average Bonchev–Trinajstić information content (AvgIpc) is 2.64. The first-order valence-corrected chi connectivity index (χ1v) is 5.71. The highest BCUT2D eigenvalue weighted by molar-refractivity contribution is 7.13. The summed E-state index contributed by atoms with van der Waals surface area (Å²) >= 11 is 1.27. The van der Waals surface area contributed by atoms with Crippen molar-refractivity contribution < 1.29 is 14.7 Å². The predicted molar refractivity (Wildman–Crippen MR) is 60.7 cm³/mol. The molecule has 88 valence electrons. The molecule has 1 aromatic rings. The maximum absolute atomic E-state index is 11.9. The zero-order valence-corrected chi connectivity index (χ0v) is 10.2. The van der Waals surface area contributed by atoms with Crippen LogP contribution in [0.2, 0.25) is 0 Å². The van der Waals surface area contributed by atoms with Gasteiger partial charge in [-0.2, -0.15) is 0 Å². The second kappa shape index (κ2) is 5.07. The van der Waals surface area contributed by atoms with Gasteiger partial charge in [0.2, 0.25) is 0 Å². The lowest BCUT2D eigenvalue weighted by Gasteiger charge is -2.22. The van der Waals surface area contributed by atoms with Crippen LogP contribution >= 0.6 is 11.3 Å². The molecule has 1 atom stereocenters. The summed E-state index contributed by atoms with van der Waals surface area (Å²) in [5, 5.41) is 9.73. The van der Waals surface area contributed by atoms with E-state index in [1.165, 1.54) is 29.5 Å². The van der Waals surface area contributed by atoms with E-state index >= 15 is 0 Å². The summed E-state index contributed by atoms with van der Waals surface area (Å²) in [6.45, 7) is 3.54. The van der Waals surface area contributed by atoms with Gasteiger partial charge in [-0.25, -0.2) is 9.78 Å². The first-order valence-electron chi connectivity index (χ1n) is 4.89. The van der Waals surface area contributed by atoms with Crippen molar-refractivity contribution >= 4 is 23.2 Å². The van der Waals surface area contributed by atoms with Gasteiger partial charge in [-0.05, 0) is 13.3 Å². The summed E-state index contributed by atoms with van der Waals surface area (Å²) in [5.41, 5.74) is 0. The van der Waals surface area contributed by atoms with E-state index in [0.717, 1.165) is 5.01 Å². The largest absolute Gasteiger partial charge is 0.480 e. The van der Waals surface area contributed by atoms with Crippen LogP contribution < -0.4 is 0 Å². The van der Waals surface area contributed by atoms with Gasteiger partial charge in [-0.1, -0.05) is 6.92 Å². The zero-order valence-electron chi connectivity index (χ0n) is 9.43. The molecule has 16 heavy (non-hydrogen) atoms. The van der Waals surface area contributed by atoms with E-state index in [2.05, 4.69) is 4.98 Å². The monoisotopic (exact) mass is 242 g/mol. The van der Waals surface area contributed by atoms with Gasteiger partial charge in [0, 0.05) is 7.05 Å². The molecule has 0 saturated heterocycles. The summed E-state index contributed by atoms with van der Waals surface area (Å²) < 4.78 is 0. The Bertz CT molecular complexity index is 403. The molecule has 0 bridgehead atoms. The maximum atomic E-state index is 11.9. The molecular weight excluding hydrogens is 228 g/mol. The Morgan fingerprint density at radius 3 is 2.62 bits per heavy atom. The van der Waals surface area contributed by atoms with Crippen LogP contribution in [0.4, 0.5) is 0 Å². The fourth-order valence-electron chi connectivity index (χ4n) is 1.39. The quantitative estimate of drug-likeness (QED) is 0.866. The number of carboxylic acid groups (broad SMARTS) is 1. The molecule has 1 N–H and O–H groups in total. The lowest BCUT2D eigenvalue weighted by Crippen LogP contribution is -2.41. The third-order valence-corrected chi connectivity index (χ3v) is 3.19. The second-order valence-electron chi connectivity index (χ2n) is 3.42. The van der Waals surface area contributed by atoms with Crippen LogP contribution in [0.15, 0.2) is 6.20 Å². The maximum Gasteiger partial charge on any atom is 0.326 e. The van der Waals surface area contributed by atoms with Crippen molar-refractivity contribution in [1.82, 2.24) is 9.88 Å². The van der Waals surface area contributed by atoms with Gasteiger partial charge in [0.1, 0.15) is 10.9 Å². The highest BCUT2D eigenvalue weighted by atomic mass is 32.1. The first-order chi connectivity index (χ1) is 7.47. The summed E-state index contributed by atoms with van der Waals surface area (Å²) in [6, 6.07) is -0.782. The van der Waals surface area contributed by atoms with Crippen molar-refractivity contribution in [2.45, 2.75) is 26.3 Å². The SMILES string of the molecule is CCC(C(=O)O)N(C)C(=O)c1cnc(C)s1. The Morgan fingerprint density at radius 2 is 2.25 bits per heavy atom. The molecular formula is C10H14N2O3S. The molecule has 0 aromatic carbocycles. The van der Waals surface area contributed by atoms with Gasteiger partial charge in [0.15, 0.2) is 0 Å². The number of carbonyl (C=O) groups excluding carboxylic acids is 1. The molecule has 0 aliphatic heterocycles. The number of carbonyl (C=O) groups is 2. The van der Waals surface area contributed by atoms with E-state index in [-0.39, 0.29) is 5.91 Å². The van der Waals surface area contributed by atoms with Crippen LogP contribution in [0, 0.1) is 6.92 Å². The van der Waals surface area contributed by atoms with Crippen LogP contribution in [0.1, 0.15) is 28.0 Å². The number of hydrogen-bond acceptors (Lipinski definition) is 4. The standard InChI is InChI=1S/C10H14N2O3S/c1-4-7(10(14)15)12(3)9(13)8-5-11-6(2)16-8/h5,7H,4H2,1-3H3,(H,14,15). The number of amides is 1. The number of thiazole rings is 1. The molecule has 0 radical (unpaired) electrons. The highest BCUT2D eigenvalue weighted by Gasteiger charge is 2.26. The van der Waals surface area contributed by atoms with Crippen molar-refractivity contribution in [3.05, 3.63) is 16.1 Å². The molecule has 1 aromatic heterocycles. The summed E-state index contributed by atoms with van der Waals surface area (Å²) in [4.78, 5) is 28.5. The fraction of sp³-hybridized carbons (Fsp3) is 0.500. The van der Waals surface area contributed by atoms with Gasteiger partial charge < -0.3 is 10.0 Å². The molecule has 0 fully saturated rings. The Morgan fingerprint density at radius 1 is 1.62 bits per heavy atom. The van der Waals surface area contributed by atoms with E-state index in [1.807, 2.05) is 0 Å². The molecule has 6 heteroatoms. The van der Waals surface area contributed by atoms with Crippen LogP contribution in [0.3, 0.4) is 0 Å². The normalized spacial score (nSPS) is 12.2. The van der Waals surface area contributed by atoms with Crippen molar-refractivity contribution in [2.75, 3.05) is 7.05 Å². The molecule has 0 saturated carbocycles. The Balaban J connectivity index is 2.85. The van der Waals surface area contributed by atoms with E-state index in [4.69, 9.17) is 5.11 Å². The average molecular weight is 242 g/mol. The Kier molecular flexibility index (Phi) is 4.00. The highest BCUT2D eigenvalue weighted by Crippen LogP contribution is 2.15. The van der Waals surface area contributed by atoms with Crippen molar-refractivity contribution in [1.29, 1.82) is 0 Å². The smallest absolute Gasteiger partial charge is 0.326 e. The predicted octanol–water partition coefficient (Wildman–Crippen LogP) is 1.39. The number of rotatable bonds is 4. The third kappa shape index (κ3) is 2.57. The van der Waals surface area contributed by atoms with Crippen LogP contribution in [0.25, 0.3) is 0 Å². The molecule has 0 aliphatic rings. The second-order valence-corrected chi connectivity index (χ2v) is 4.66. The Hall–Kier alpha value is -1.43. The molecule has 5 nitrogen and oxygen atoms in total. The third-order valence-electron chi connectivity index (χ3n) is 2.29. The van der Waals surface area contributed by atoms with Crippen LogP contribution in [-0.2, 0) is 4.79 Å². The van der Waals surface area contributed by atoms with Gasteiger partial charge in [0.05, 0.1) is 11.2 Å². The summed E-state index contributed by atoms with van der Waals surface area (Å²) in [6.07, 6.45) is 1.86. The van der Waals surface area contributed by atoms with Crippen molar-refractivity contribution in [3.63, 3.8) is 0 Å². The van der Waals surface area contributed by atoms with E-state index < -0.39 is 12.0 Å². The first kappa shape index (κ1) is 12.6. The zero-order chi connectivity index (χ0) is 12.3.